The molecule has 0 amide bonds. The lowest BCUT2D eigenvalue weighted by molar-refractivity contribution is 0.111. The zero-order chi connectivity index (χ0) is 12.3. The van der Waals surface area contributed by atoms with Crippen LogP contribution >= 0.6 is 0 Å². The molecule has 1 aliphatic rings. The first kappa shape index (κ1) is 12.2. The fourth-order valence-electron chi connectivity index (χ4n) is 2.32. The first-order valence-electron chi connectivity index (χ1n) is 6.08. The second-order valence-electron chi connectivity index (χ2n) is 4.68. The first-order valence-corrected chi connectivity index (χ1v) is 6.08. The number of aromatic hydroxyl groups is 2. The Balaban J connectivity index is 1.91. The highest BCUT2D eigenvalue weighted by molar-refractivity contribution is 5.44. The Labute approximate surface area is 101 Å². The lowest BCUT2D eigenvalue weighted by Gasteiger charge is -2.26. The number of phenols is 2. The van der Waals surface area contributed by atoms with E-state index in [0.717, 1.165) is 25.7 Å². The van der Waals surface area contributed by atoms with Gasteiger partial charge in [-0.15, -0.1) is 0 Å². The molecule has 0 saturated heterocycles. The van der Waals surface area contributed by atoms with Crippen molar-refractivity contribution in [1.82, 2.24) is 5.32 Å². The maximum Gasteiger partial charge on any atom is 0.161 e. The minimum atomic E-state index is -0.209. The summed E-state index contributed by atoms with van der Waals surface area (Å²) in [5, 5.41) is 31.9. The number of nitrogens with one attached hydrogen (secondary N) is 1. The second kappa shape index (κ2) is 5.38. The van der Waals surface area contributed by atoms with Crippen molar-refractivity contribution in [2.75, 3.05) is 0 Å². The molecule has 1 fully saturated rings. The minimum absolute atomic E-state index is 0.0589. The van der Waals surface area contributed by atoms with Crippen LogP contribution in [0.4, 0.5) is 0 Å². The monoisotopic (exact) mass is 237 g/mol. The number of hydrogen-bond donors (Lipinski definition) is 4. The summed E-state index contributed by atoms with van der Waals surface area (Å²) < 4.78 is 0. The predicted octanol–water partition coefficient (Wildman–Crippen LogP) is 1.49. The molecule has 1 saturated carbocycles. The van der Waals surface area contributed by atoms with Gasteiger partial charge in [0.2, 0.25) is 0 Å². The van der Waals surface area contributed by atoms with E-state index in [1.165, 1.54) is 6.07 Å². The third-order valence-corrected chi connectivity index (χ3v) is 3.33. The first-order chi connectivity index (χ1) is 8.16. The summed E-state index contributed by atoms with van der Waals surface area (Å²) in [5.41, 5.74) is 0.685. The van der Waals surface area contributed by atoms with Crippen molar-refractivity contribution in [2.45, 2.75) is 44.4 Å². The van der Waals surface area contributed by atoms with Gasteiger partial charge in [-0.25, -0.2) is 0 Å². The fraction of sp³-hybridized carbons (Fsp3) is 0.538. The molecular weight excluding hydrogens is 218 g/mol. The second-order valence-corrected chi connectivity index (χ2v) is 4.68. The van der Waals surface area contributed by atoms with Gasteiger partial charge in [-0.05, 0) is 31.7 Å². The maximum absolute atomic E-state index is 9.64. The van der Waals surface area contributed by atoms with Crippen LogP contribution in [0.5, 0.6) is 11.5 Å². The van der Waals surface area contributed by atoms with Crippen molar-refractivity contribution in [3.63, 3.8) is 0 Å². The van der Waals surface area contributed by atoms with Gasteiger partial charge >= 0.3 is 0 Å². The van der Waals surface area contributed by atoms with Crippen LogP contribution in [0.3, 0.4) is 0 Å². The third kappa shape index (κ3) is 3.11. The number of para-hydroxylation sites is 1. The number of phenolic OH excluding ortho intramolecular Hbond substituents is 2. The summed E-state index contributed by atoms with van der Waals surface area (Å²) in [6.07, 6.45) is 3.52. The Hall–Kier alpha value is -1.26. The molecule has 0 spiro atoms. The molecule has 0 heterocycles. The van der Waals surface area contributed by atoms with Gasteiger partial charge in [0.1, 0.15) is 0 Å². The van der Waals surface area contributed by atoms with Crippen LogP contribution in [0.25, 0.3) is 0 Å². The molecule has 2 rings (SSSR count). The van der Waals surface area contributed by atoms with Crippen LogP contribution in [0, 0.1) is 0 Å². The number of aliphatic hydroxyl groups excluding tert-OH is 1. The van der Waals surface area contributed by atoms with Crippen molar-refractivity contribution < 1.29 is 15.3 Å². The van der Waals surface area contributed by atoms with Gasteiger partial charge < -0.3 is 20.6 Å². The molecule has 4 heteroatoms. The van der Waals surface area contributed by atoms with E-state index in [1.807, 2.05) is 0 Å². The van der Waals surface area contributed by atoms with Crippen LogP contribution < -0.4 is 5.32 Å². The third-order valence-electron chi connectivity index (χ3n) is 3.33. The zero-order valence-corrected chi connectivity index (χ0v) is 9.76. The van der Waals surface area contributed by atoms with Gasteiger partial charge in [0, 0.05) is 18.2 Å². The van der Waals surface area contributed by atoms with Gasteiger partial charge in [-0.2, -0.15) is 0 Å². The van der Waals surface area contributed by atoms with E-state index in [-0.39, 0.29) is 17.6 Å². The quantitative estimate of drug-likeness (QED) is 0.601. The lowest BCUT2D eigenvalue weighted by atomic mass is 9.93. The van der Waals surface area contributed by atoms with Crippen molar-refractivity contribution in [1.29, 1.82) is 0 Å². The molecule has 1 aromatic rings. The van der Waals surface area contributed by atoms with Crippen LogP contribution in [-0.4, -0.2) is 27.5 Å². The Morgan fingerprint density at radius 3 is 2.82 bits per heavy atom. The summed E-state index contributed by atoms with van der Waals surface area (Å²) in [6, 6.07) is 5.24. The Bertz CT molecular complexity index is 381. The molecule has 1 aliphatic carbocycles. The summed E-state index contributed by atoms with van der Waals surface area (Å²) in [6.45, 7) is 0.512. The molecule has 0 aliphatic heterocycles. The summed E-state index contributed by atoms with van der Waals surface area (Å²) in [5.74, 6) is -0.149. The smallest absolute Gasteiger partial charge is 0.161 e. The van der Waals surface area contributed by atoms with E-state index in [1.54, 1.807) is 12.1 Å². The summed E-state index contributed by atoms with van der Waals surface area (Å²) in [7, 11) is 0. The zero-order valence-electron chi connectivity index (χ0n) is 9.76. The fourth-order valence-corrected chi connectivity index (χ4v) is 2.32. The number of aliphatic hydroxyl groups is 1. The van der Waals surface area contributed by atoms with Crippen LogP contribution in [-0.2, 0) is 6.54 Å². The minimum Gasteiger partial charge on any atom is -0.504 e. The molecule has 2 atom stereocenters. The largest absolute Gasteiger partial charge is 0.504 e. The standard InChI is InChI=1S/C13H19NO3/c15-11-5-2-4-10(7-11)14-8-9-3-1-6-12(16)13(9)17/h1,3,6,10-11,14-17H,2,4-5,7-8H2. The SMILES string of the molecule is Oc1cccc(CNC2CCCC(O)C2)c1O. The highest BCUT2D eigenvalue weighted by Crippen LogP contribution is 2.28. The topological polar surface area (TPSA) is 72.7 Å². The molecule has 2 unspecified atom stereocenters. The molecule has 1 aromatic carbocycles. The van der Waals surface area contributed by atoms with Gasteiger partial charge in [0.15, 0.2) is 11.5 Å². The molecule has 4 nitrogen and oxygen atoms in total. The highest BCUT2D eigenvalue weighted by atomic mass is 16.3. The van der Waals surface area contributed by atoms with Gasteiger partial charge in [0.25, 0.3) is 0 Å². The predicted molar refractivity (Wildman–Crippen MR) is 64.9 cm³/mol. The van der Waals surface area contributed by atoms with E-state index in [9.17, 15) is 15.3 Å². The molecule has 94 valence electrons. The van der Waals surface area contributed by atoms with Crippen molar-refractivity contribution in [3.8, 4) is 11.5 Å². The average Bonchev–Trinajstić information content (AvgIpc) is 2.31. The summed E-state index contributed by atoms with van der Waals surface area (Å²) >= 11 is 0. The van der Waals surface area contributed by atoms with Gasteiger partial charge in [-0.3, -0.25) is 0 Å². The van der Waals surface area contributed by atoms with Crippen LogP contribution in [0.1, 0.15) is 31.2 Å². The van der Waals surface area contributed by atoms with Crippen molar-refractivity contribution in [2.24, 2.45) is 0 Å². The normalized spacial score (nSPS) is 24.8. The Kier molecular flexibility index (Phi) is 3.86. The molecule has 4 N–H and O–H groups in total. The van der Waals surface area contributed by atoms with Gasteiger partial charge in [0.05, 0.1) is 6.10 Å². The molecule has 17 heavy (non-hydrogen) atoms. The molecule has 0 radical (unpaired) electrons. The van der Waals surface area contributed by atoms with Crippen LogP contribution in [0.15, 0.2) is 18.2 Å². The van der Waals surface area contributed by atoms with E-state index in [2.05, 4.69) is 5.32 Å². The number of rotatable bonds is 3. The molecule has 0 bridgehead atoms. The number of hydrogen-bond acceptors (Lipinski definition) is 4. The van der Waals surface area contributed by atoms with E-state index in [0.29, 0.717) is 18.2 Å². The van der Waals surface area contributed by atoms with Crippen LogP contribution in [0.2, 0.25) is 0 Å². The Morgan fingerprint density at radius 1 is 1.24 bits per heavy atom. The van der Waals surface area contributed by atoms with Crippen molar-refractivity contribution in [3.05, 3.63) is 23.8 Å². The summed E-state index contributed by atoms with van der Waals surface area (Å²) in [4.78, 5) is 0. The lowest BCUT2D eigenvalue weighted by Crippen LogP contribution is -2.35. The molecule has 0 aromatic heterocycles. The molecular formula is C13H19NO3. The number of benzene rings is 1. The highest BCUT2D eigenvalue weighted by Gasteiger charge is 2.19. The Morgan fingerprint density at radius 2 is 2.06 bits per heavy atom. The van der Waals surface area contributed by atoms with E-state index >= 15 is 0 Å². The van der Waals surface area contributed by atoms with Crippen molar-refractivity contribution >= 4 is 0 Å². The van der Waals surface area contributed by atoms with E-state index in [4.69, 9.17) is 0 Å². The van der Waals surface area contributed by atoms with Gasteiger partial charge in [-0.1, -0.05) is 12.1 Å². The maximum atomic E-state index is 9.64. The van der Waals surface area contributed by atoms with E-state index < -0.39 is 0 Å². The average molecular weight is 237 g/mol.